The zero-order valence-corrected chi connectivity index (χ0v) is 13.6. The molecule has 7 nitrogen and oxygen atoms in total. The maximum atomic E-state index is 12.1. The molecule has 0 saturated carbocycles. The third kappa shape index (κ3) is 4.87. The van der Waals surface area contributed by atoms with Crippen LogP contribution < -0.4 is 5.32 Å². The smallest absolute Gasteiger partial charge is 0.317 e. The molecule has 1 aliphatic rings. The lowest BCUT2D eigenvalue weighted by molar-refractivity contribution is -0.148. The fourth-order valence-electron chi connectivity index (χ4n) is 2.81. The molecule has 8 heteroatoms. The fraction of sp³-hybridized carbons (Fsp3) is 0.846. The van der Waals surface area contributed by atoms with Crippen molar-refractivity contribution in [2.45, 2.75) is 39.2 Å². The van der Waals surface area contributed by atoms with E-state index in [4.69, 9.17) is 0 Å². The number of nitrogens with zero attached hydrogens (tertiary/aromatic N) is 1. The summed E-state index contributed by atoms with van der Waals surface area (Å²) < 4.78 is 22.4. The van der Waals surface area contributed by atoms with Gasteiger partial charge in [0.25, 0.3) is 0 Å². The van der Waals surface area contributed by atoms with Crippen molar-refractivity contribution >= 4 is 21.8 Å². The van der Waals surface area contributed by atoms with E-state index in [2.05, 4.69) is 5.32 Å². The molecule has 0 aromatic heterocycles. The number of aliphatic carboxylic acids is 1. The summed E-state index contributed by atoms with van der Waals surface area (Å²) in [6.07, 6.45) is 2.82. The number of carboxylic acid groups (broad SMARTS) is 1. The second kappa shape index (κ2) is 6.64. The first-order valence-corrected chi connectivity index (χ1v) is 9.12. The summed E-state index contributed by atoms with van der Waals surface area (Å²) in [7, 11) is -3.16. The third-order valence-corrected chi connectivity index (χ3v) is 4.85. The molecule has 0 aromatic carbocycles. The summed E-state index contributed by atoms with van der Waals surface area (Å²) >= 11 is 0. The van der Waals surface area contributed by atoms with Gasteiger partial charge in [-0.1, -0.05) is 13.3 Å². The lowest BCUT2D eigenvalue weighted by Gasteiger charge is -2.25. The Morgan fingerprint density at radius 2 is 2.05 bits per heavy atom. The number of amides is 2. The van der Waals surface area contributed by atoms with Crippen molar-refractivity contribution < 1.29 is 23.1 Å². The van der Waals surface area contributed by atoms with E-state index < -0.39 is 33.3 Å². The summed E-state index contributed by atoms with van der Waals surface area (Å²) in [5, 5.41) is 12.0. The molecule has 1 fully saturated rings. The van der Waals surface area contributed by atoms with Gasteiger partial charge in [0, 0.05) is 25.4 Å². The van der Waals surface area contributed by atoms with Crippen molar-refractivity contribution in [2.75, 3.05) is 25.1 Å². The molecule has 1 heterocycles. The van der Waals surface area contributed by atoms with Gasteiger partial charge in [0.2, 0.25) is 0 Å². The van der Waals surface area contributed by atoms with Crippen LogP contribution in [0.25, 0.3) is 0 Å². The van der Waals surface area contributed by atoms with Gasteiger partial charge >= 0.3 is 12.0 Å². The summed E-state index contributed by atoms with van der Waals surface area (Å²) in [5.74, 6) is -1.00. The maximum absolute atomic E-state index is 12.1. The van der Waals surface area contributed by atoms with Gasteiger partial charge in [0.15, 0.2) is 0 Å². The van der Waals surface area contributed by atoms with E-state index in [0.29, 0.717) is 19.4 Å². The number of carbonyl (C=O) groups excluding carboxylic acids is 1. The molecule has 0 radical (unpaired) electrons. The molecule has 2 amide bonds. The second-order valence-electron chi connectivity index (χ2n) is 5.95. The first-order chi connectivity index (χ1) is 9.59. The van der Waals surface area contributed by atoms with Gasteiger partial charge in [-0.2, -0.15) is 0 Å². The van der Waals surface area contributed by atoms with Gasteiger partial charge in [-0.3, -0.25) is 4.79 Å². The monoisotopic (exact) mass is 320 g/mol. The largest absolute Gasteiger partial charge is 0.481 e. The molecule has 1 rings (SSSR count). The highest BCUT2D eigenvalue weighted by Gasteiger charge is 2.45. The zero-order valence-electron chi connectivity index (χ0n) is 12.8. The molecule has 0 aromatic rings. The van der Waals surface area contributed by atoms with Crippen molar-refractivity contribution in [3.05, 3.63) is 0 Å². The van der Waals surface area contributed by atoms with Crippen molar-refractivity contribution in [3.63, 3.8) is 0 Å². The van der Waals surface area contributed by atoms with E-state index >= 15 is 0 Å². The summed E-state index contributed by atoms with van der Waals surface area (Å²) in [6, 6.07) is -0.899. The van der Waals surface area contributed by atoms with Crippen LogP contribution in [-0.4, -0.2) is 61.6 Å². The van der Waals surface area contributed by atoms with E-state index in [0.717, 1.165) is 12.7 Å². The molecule has 2 unspecified atom stereocenters. The van der Waals surface area contributed by atoms with Crippen LogP contribution in [0.15, 0.2) is 0 Å². The molecular weight excluding hydrogens is 296 g/mol. The molecule has 1 aliphatic heterocycles. The Balaban J connectivity index is 2.63. The molecule has 21 heavy (non-hydrogen) atoms. The highest BCUT2D eigenvalue weighted by atomic mass is 32.2. The fourth-order valence-corrected chi connectivity index (χ4v) is 3.80. The Kier molecular flexibility index (Phi) is 5.61. The normalized spacial score (nSPS) is 23.9. The quantitative estimate of drug-likeness (QED) is 0.750. The molecule has 0 spiro atoms. The molecule has 122 valence electrons. The SMILES string of the molecule is CCCC1(C(=O)O)CCN(C(=O)NC(C)CS(C)(=O)=O)C1. The van der Waals surface area contributed by atoms with Crippen LogP contribution in [0.5, 0.6) is 0 Å². The highest BCUT2D eigenvalue weighted by Crippen LogP contribution is 2.35. The minimum atomic E-state index is -3.16. The van der Waals surface area contributed by atoms with Crippen LogP contribution in [0, 0.1) is 5.41 Å². The highest BCUT2D eigenvalue weighted by molar-refractivity contribution is 7.90. The van der Waals surface area contributed by atoms with Gasteiger partial charge in [-0.05, 0) is 19.8 Å². The number of likely N-dealkylation sites (tertiary alicyclic amines) is 1. The number of hydrogen-bond donors (Lipinski definition) is 2. The maximum Gasteiger partial charge on any atom is 0.317 e. The number of hydrogen-bond acceptors (Lipinski definition) is 4. The lowest BCUT2D eigenvalue weighted by Crippen LogP contribution is -2.46. The number of urea groups is 1. The van der Waals surface area contributed by atoms with Crippen LogP contribution in [0.1, 0.15) is 33.1 Å². The predicted octanol–water partition coefficient (Wildman–Crippen LogP) is 0.706. The number of rotatable bonds is 6. The lowest BCUT2D eigenvalue weighted by atomic mass is 9.83. The van der Waals surface area contributed by atoms with Crippen molar-refractivity contribution in [1.29, 1.82) is 0 Å². The van der Waals surface area contributed by atoms with Gasteiger partial charge in [0.05, 0.1) is 11.2 Å². The van der Waals surface area contributed by atoms with Gasteiger partial charge in [-0.15, -0.1) is 0 Å². The molecule has 0 bridgehead atoms. The van der Waals surface area contributed by atoms with E-state index in [-0.39, 0.29) is 12.3 Å². The summed E-state index contributed by atoms with van der Waals surface area (Å²) in [6.45, 7) is 4.09. The van der Waals surface area contributed by atoms with Crippen LogP contribution in [-0.2, 0) is 14.6 Å². The Labute approximate surface area is 125 Å². The van der Waals surface area contributed by atoms with Gasteiger partial charge < -0.3 is 15.3 Å². The Hall–Kier alpha value is -1.31. The van der Waals surface area contributed by atoms with Crippen LogP contribution in [0.4, 0.5) is 4.79 Å². The van der Waals surface area contributed by atoms with Gasteiger partial charge in [-0.25, -0.2) is 13.2 Å². The summed E-state index contributed by atoms with van der Waals surface area (Å²) in [4.78, 5) is 25.0. The van der Waals surface area contributed by atoms with Crippen LogP contribution in [0.3, 0.4) is 0 Å². The average molecular weight is 320 g/mol. The van der Waals surface area contributed by atoms with E-state index in [9.17, 15) is 23.1 Å². The second-order valence-corrected chi connectivity index (χ2v) is 8.13. The standard InChI is InChI=1S/C13H24N2O5S/c1-4-5-13(11(16)17)6-7-15(9-13)12(18)14-10(2)8-21(3,19)20/h10H,4-9H2,1-3H3,(H,14,18)(H,16,17). The van der Waals surface area contributed by atoms with Crippen LogP contribution in [0.2, 0.25) is 0 Å². The minimum absolute atomic E-state index is 0.133. The third-order valence-electron chi connectivity index (χ3n) is 3.75. The minimum Gasteiger partial charge on any atom is -0.481 e. The first kappa shape index (κ1) is 17.7. The topological polar surface area (TPSA) is 104 Å². The van der Waals surface area contributed by atoms with Crippen molar-refractivity contribution in [1.82, 2.24) is 10.2 Å². The Bertz CT molecular complexity index is 505. The average Bonchev–Trinajstić information content (AvgIpc) is 2.72. The van der Waals surface area contributed by atoms with Crippen LogP contribution >= 0.6 is 0 Å². The van der Waals surface area contributed by atoms with Gasteiger partial charge in [0.1, 0.15) is 9.84 Å². The summed E-state index contributed by atoms with van der Waals surface area (Å²) in [5.41, 5.74) is -0.869. The zero-order chi connectivity index (χ0) is 16.3. The van der Waals surface area contributed by atoms with E-state index in [1.807, 2.05) is 6.92 Å². The van der Waals surface area contributed by atoms with Crippen molar-refractivity contribution in [3.8, 4) is 0 Å². The number of sulfone groups is 1. The molecular formula is C13H24N2O5S. The first-order valence-electron chi connectivity index (χ1n) is 7.06. The van der Waals surface area contributed by atoms with E-state index in [1.165, 1.54) is 4.90 Å². The molecule has 2 atom stereocenters. The Morgan fingerprint density at radius 3 is 2.52 bits per heavy atom. The molecule has 2 N–H and O–H groups in total. The van der Waals surface area contributed by atoms with E-state index in [1.54, 1.807) is 6.92 Å². The number of carbonyl (C=O) groups is 2. The molecule has 0 aliphatic carbocycles. The predicted molar refractivity (Wildman–Crippen MR) is 78.9 cm³/mol. The number of nitrogens with one attached hydrogen (secondary N) is 1. The van der Waals surface area contributed by atoms with Crippen molar-refractivity contribution in [2.24, 2.45) is 5.41 Å². The number of carboxylic acids is 1. The Morgan fingerprint density at radius 1 is 1.43 bits per heavy atom. The molecule has 1 saturated heterocycles.